The number of esters is 1. The van der Waals surface area contributed by atoms with Crippen LogP contribution in [0.3, 0.4) is 0 Å². The number of ether oxygens (including phenoxy) is 1. The molecule has 0 aliphatic heterocycles. The van der Waals surface area contributed by atoms with E-state index in [1.807, 2.05) is 13.1 Å². The number of methoxy groups -OCH3 is 1. The van der Waals surface area contributed by atoms with Gasteiger partial charge in [0.15, 0.2) is 0 Å². The summed E-state index contributed by atoms with van der Waals surface area (Å²) in [6.45, 7) is 0.865. The fraction of sp³-hybridized carbons (Fsp3) is 0.308. The molecule has 3 heteroatoms. The van der Waals surface area contributed by atoms with Gasteiger partial charge in [-0.05, 0) is 25.2 Å². The van der Waals surface area contributed by atoms with E-state index in [9.17, 15) is 4.79 Å². The van der Waals surface area contributed by atoms with Crippen molar-refractivity contribution in [3.63, 3.8) is 0 Å². The Morgan fingerprint density at radius 1 is 1.50 bits per heavy atom. The molecule has 1 rings (SSSR count). The first-order chi connectivity index (χ1) is 7.77. The Kier molecular flexibility index (Phi) is 5.10. The van der Waals surface area contributed by atoms with Crippen LogP contribution in [0.1, 0.15) is 22.3 Å². The monoisotopic (exact) mass is 217 g/mol. The lowest BCUT2D eigenvalue weighted by Crippen LogP contribution is -2.05. The van der Waals surface area contributed by atoms with Crippen LogP contribution in [0.15, 0.2) is 24.3 Å². The Morgan fingerprint density at radius 2 is 2.31 bits per heavy atom. The van der Waals surface area contributed by atoms with Crippen molar-refractivity contribution in [1.29, 1.82) is 0 Å². The topological polar surface area (TPSA) is 38.3 Å². The lowest BCUT2D eigenvalue weighted by Gasteiger charge is -1.98. The molecule has 1 aromatic rings. The summed E-state index contributed by atoms with van der Waals surface area (Å²) >= 11 is 0. The number of benzene rings is 1. The summed E-state index contributed by atoms with van der Waals surface area (Å²) in [5.74, 6) is 5.69. The molecule has 0 amide bonds. The second kappa shape index (κ2) is 6.65. The van der Waals surface area contributed by atoms with E-state index in [1.165, 1.54) is 7.11 Å². The molecule has 3 nitrogen and oxygen atoms in total. The lowest BCUT2D eigenvalue weighted by atomic mass is 10.1. The predicted molar refractivity (Wildman–Crippen MR) is 63.2 cm³/mol. The average Bonchev–Trinajstić information content (AvgIpc) is 2.34. The average molecular weight is 217 g/mol. The van der Waals surface area contributed by atoms with Gasteiger partial charge < -0.3 is 10.1 Å². The molecule has 0 aliphatic carbocycles. The van der Waals surface area contributed by atoms with E-state index >= 15 is 0 Å². The number of nitrogens with one attached hydrogen (secondary N) is 1. The van der Waals surface area contributed by atoms with Crippen molar-refractivity contribution in [2.24, 2.45) is 0 Å². The number of carbonyl (C=O) groups is 1. The van der Waals surface area contributed by atoms with Gasteiger partial charge in [-0.25, -0.2) is 4.79 Å². The van der Waals surface area contributed by atoms with Gasteiger partial charge in [-0.1, -0.05) is 17.9 Å². The van der Waals surface area contributed by atoms with E-state index in [2.05, 4.69) is 21.9 Å². The predicted octanol–water partition coefficient (Wildman–Crippen LogP) is 1.43. The van der Waals surface area contributed by atoms with E-state index in [4.69, 9.17) is 0 Å². The minimum absolute atomic E-state index is 0.334. The van der Waals surface area contributed by atoms with Crippen LogP contribution in [0, 0.1) is 11.8 Å². The zero-order valence-electron chi connectivity index (χ0n) is 9.54. The van der Waals surface area contributed by atoms with E-state index in [0.29, 0.717) is 5.56 Å². The molecule has 0 bridgehead atoms. The Hall–Kier alpha value is -1.79. The Balaban J connectivity index is 2.73. The van der Waals surface area contributed by atoms with Gasteiger partial charge in [-0.2, -0.15) is 0 Å². The van der Waals surface area contributed by atoms with Gasteiger partial charge in [0.05, 0.1) is 12.7 Å². The van der Waals surface area contributed by atoms with E-state index in [1.54, 1.807) is 18.2 Å². The number of hydrogen-bond donors (Lipinski definition) is 1. The maximum atomic E-state index is 11.3. The zero-order chi connectivity index (χ0) is 11.8. The zero-order valence-corrected chi connectivity index (χ0v) is 9.54. The molecular formula is C13H15NO2. The molecule has 0 fully saturated rings. The fourth-order valence-corrected chi connectivity index (χ4v) is 1.19. The van der Waals surface area contributed by atoms with E-state index in [-0.39, 0.29) is 5.97 Å². The normalized spacial score (nSPS) is 9.12. The highest BCUT2D eigenvalue weighted by Gasteiger charge is 2.03. The quantitative estimate of drug-likeness (QED) is 0.473. The molecule has 0 radical (unpaired) electrons. The van der Waals surface area contributed by atoms with Gasteiger partial charge in [0.1, 0.15) is 0 Å². The summed E-state index contributed by atoms with van der Waals surface area (Å²) in [6.07, 6.45) is 0.791. The summed E-state index contributed by atoms with van der Waals surface area (Å²) < 4.78 is 4.64. The van der Waals surface area contributed by atoms with Crippen LogP contribution in [-0.4, -0.2) is 26.7 Å². The Labute approximate surface area is 95.8 Å². The highest BCUT2D eigenvalue weighted by atomic mass is 16.5. The van der Waals surface area contributed by atoms with Crippen LogP contribution in [0.25, 0.3) is 0 Å². The summed E-state index contributed by atoms with van der Waals surface area (Å²) in [7, 11) is 3.26. The third-order valence-corrected chi connectivity index (χ3v) is 2.02. The van der Waals surface area contributed by atoms with Crippen molar-refractivity contribution in [3.8, 4) is 11.8 Å². The molecule has 0 saturated carbocycles. The summed E-state index contributed by atoms with van der Waals surface area (Å²) in [5, 5.41) is 3.02. The molecule has 1 aromatic carbocycles. The maximum absolute atomic E-state index is 11.3. The van der Waals surface area contributed by atoms with Crippen LogP contribution >= 0.6 is 0 Å². The SMILES string of the molecule is CNCCC#Cc1cccc(C(=O)OC)c1. The summed E-state index contributed by atoms with van der Waals surface area (Å²) in [4.78, 5) is 11.3. The third-order valence-electron chi connectivity index (χ3n) is 2.02. The fourth-order valence-electron chi connectivity index (χ4n) is 1.19. The van der Waals surface area contributed by atoms with Crippen LogP contribution in [0.5, 0.6) is 0 Å². The highest BCUT2D eigenvalue weighted by Crippen LogP contribution is 2.05. The first kappa shape index (κ1) is 12.3. The first-order valence-electron chi connectivity index (χ1n) is 5.09. The second-order valence-electron chi connectivity index (χ2n) is 3.23. The van der Waals surface area contributed by atoms with Crippen molar-refractivity contribution < 1.29 is 9.53 Å². The molecule has 0 unspecified atom stereocenters. The van der Waals surface area contributed by atoms with Gasteiger partial charge >= 0.3 is 5.97 Å². The smallest absolute Gasteiger partial charge is 0.337 e. The van der Waals surface area contributed by atoms with Gasteiger partial charge in [0, 0.05) is 18.5 Å². The van der Waals surface area contributed by atoms with Gasteiger partial charge in [0.25, 0.3) is 0 Å². The van der Waals surface area contributed by atoms with Crippen molar-refractivity contribution in [3.05, 3.63) is 35.4 Å². The molecular weight excluding hydrogens is 202 g/mol. The van der Waals surface area contributed by atoms with Gasteiger partial charge in [-0.15, -0.1) is 0 Å². The van der Waals surface area contributed by atoms with Crippen molar-refractivity contribution >= 4 is 5.97 Å². The summed E-state index contributed by atoms with van der Waals surface area (Å²) in [6, 6.07) is 7.12. The molecule has 0 saturated heterocycles. The molecule has 0 heterocycles. The number of rotatable bonds is 3. The molecule has 84 valence electrons. The molecule has 0 atom stereocenters. The lowest BCUT2D eigenvalue weighted by molar-refractivity contribution is 0.0600. The summed E-state index contributed by atoms with van der Waals surface area (Å²) in [5.41, 5.74) is 1.36. The van der Waals surface area contributed by atoms with Crippen molar-refractivity contribution in [1.82, 2.24) is 5.32 Å². The maximum Gasteiger partial charge on any atom is 0.337 e. The van der Waals surface area contributed by atoms with Crippen molar-refractivity contribution in [2.45, 2.75) is 6.42 Å². The molecule has 0 aliphatic rings. The largest absolute Gasteiger partial charge is 0.465 e. The van der Waals surface area contributed by atoms with Gasteiger partial charge in [0.2, 0.25) is 0 Å². The number of carbonyl (C=O) groups excluding carboxylic acids is 1. The van der Waals surface area contributed by atoms with Crippen LogP contribution in [0.2, 0.25) is 0 Å². The second-order valence-corrected chi connectivity index (χ2v) is 3.23. The van der Waals surface area contributed by atoms with Gasteiger partial charge in [-0.3, -0.25) is 0 Å². The van der Waals surface area contributed by atoms with Crippen LogP contribution < -0.4 is 5.32 Å². The molecule has 1 N–H and O–H groups in total. The number of hydrogen-bond acceptors (Lipinski definition) is 3. The first-order valence-corrected chi connectivity index (χ1v) is 5.09. The van der Waals surface area contributed by atoms with Crippen molar-refractivity contribution in [2.75, 3.05) is 20.7 Å². The van der Waals surface area contributed by atoms with Crippen LogP contribution in [-0.2, 0) is 4.74 Å². The minimum Gasteiger partial charge on any atom is -0.465 e. The molecule has 16 heavy (non-hydrogen) atoms. The standard InChI is InChI=1S/C13H15NO2/c1-14-9-4-3-6-11-7-5-8-12(10-11)13(15)16-2/h5,7-8,10,14H,4,9H2,1-2H3. The minimum atomic E-state index is -0.334. The van der Waals surface area contributed by atoms with Crippen LogP contribution in [0.4, 0.5) is 0 Å². The Bertz CT molecular complexity index is 415. The van der Waals surface area contributed by atoms with E-state index in [0.717, 1.165) is 18.5 Å². The molecule has 0 spiro atoms. The third kappa shape index (κ3) is 3.76. The Morgan fingerprint density at radius 3 is 3.00 bits per heavy atom. The van der Waals surface area contributed by atoms with E-state index < -0.39 is 0 Å². The highest BCUT2D eigenvalue weighted by molar-refractivity contribution is 5.89. The molecule has 0 aromatic heterocycles.